The molecule has 2 aliphatic rings. The minimum absolute atomic E-state index is 0.114. The van der Waals surface area contributed by atoms with Gasteiger partial charge in [0.15, 0.2) is 21.5 Å². The molecule has 0 saturated heterocycles. The third-order valence-corrected chi connectivity index (χ3v) is 8.25. The summed E-state index contributed by atoms with van der Waals surface area (Å²) >= 11 is 6.13. The zero-order chi connectivity index (χ0) is 27.8. The van der Waals surface area contributed by atoms with Gasteiger partial charge in [-0.25, -0.2) is 17.2 Å². The Bertz CT molecular complexity index is 1370. The molecule has 10 heteroatoms. The number of hydrogen-bond acceptors (Lipinski definition) is 5. The highest BCUT2D eigenvalue weighted by Crippen LogP contribution is 2.51. The molecule has 2 aromatic rings. The van der Waals surface area contributed by atoms with E-state index in [0.29, 0.717) is 0 Å². The van der Waals surface area contributed by atoms with E-state index in [2.05, 4.69) is 5.32 Å². The summed E-state index contributed by atoms with van der Waals surface area (Å²) in [7, 11) is -4.80. The Balaban J connectivity index is 1.72. The third kappa shape index (κ3) is 3.91. The van der Waals surface area contributed by atoms with Gasteiger partial charge in [-0.3, -0.25) is 4.79 Å². The molecule has 172 valence electrons. The molecule has 32 heavy (non-hydrogen) atoms. The first kappa shape index (κ1) is 17.4. The van der Waals surface area contributed by atoms with Crippen molar-refractivity contribution in [1.29, 1.82) is 0 Å². The quantitative estimate of drug-likeness (QED) is 0.594. The maximum Gasteiger partial charge on any atom is 0.255 e. The van der Waals surface area contributed by atoms with Crippen molar-refractivity contribution in [2.24, 2.45) is 11.8 Å². The Morgan fingerprint density at radius 3 is 2.44 bits per heavy atom. The summed E-state index contributed by atoms with van der Waals surface area (Å²) in [6.07, 6.45) is -7.22. The maximum absolute atomic E-state index is 13.7. The number of rotatable bonds is 5. The Labute approximate surface area is 196 Å². The molecule has 2 aliphatic carbocycles. The second kappa shape index (κ2) is 8.37. The lowest BCUT2D eigenvalue weighted by molar-refractivity contribution is -0.0943. The Morgan fingerprint density at radius 2 is 1.84 bits per heavy atom. The van der Waals surface area contributed by atoms with Crippen LogP contribution in [0.2, 0.25) is 5.02 Å². The molecule has 1 amide bonds. The van der Waals surface area contributed by atoms with Crippen molar-refractivity contribution in [3.05, 3.63) is 58.6 Å². The molecule has 2 bridgehead atoms. The number of aliphatic hydroxyl groups excluding tert-OH is 1. The van der Waals surface area contributed by atoms with Gasteiger partial charge in [-0.2, -0.15) is 0 Å². The van der Waals surface area contributed by atoms with Crippen molar-refractivity contribution in [3.63, 3.8) is 0 Å². The molecule has 0 aromatic heterocycles. The lowest BCUT2D eigenvalue weighted by atomic mass is 9.75. The summed E-state index contributed by atoms with van der Waals surface area (Å²) in [6, 6.07) is 5.72. The fourth-order valence-corrected chi connectivity index (χ4v) is 6.02. The summed E-state index contributed by atoms with van der Waals surface area (Å²) in [5.74, 6) is -6.72. The molecule has 3 N–H and O–H groups in total. The van der Waals surface area contributed by atoms with Crippen molar-refractivity contribution in [3.8, 4) is 0 Å². The van der Waals surface area contributed by atoms with Crippen molar-refractivity contribution in [1.82, 2.24) is 0 Å². The van der Waals surface area contributed by atoms with Gasteiger partial charge in [-0.05, 0) is 67.8 Å². The number of anilines is 1. The van der Waals surface area contributed by atoms with Gasteiger partial charge < -0.3 is 15.5 Å². The van der Waals surface area contributed by atoms with E-state index in [9.17, 15) is 32.2 Å². The molecule has 0 heterocycles. The molecule has 2 aromatic carbocycles. The Morgan fingerprint density at radius 1 is 1.19 bits per heavy atom. The van der Waals surface area contributed by atoms with E-state index in [1.54, 1.807) is 0 Å². The van der Waals surface area contributed by atoms with Crippen molar-refractivity contribution in [2.75, 3.05) is 11.9 Å². The van der Waals surface area contributed by atoms with E-state index in [-0.39, 0.29) is 16.3 Å². The van der Waals surface area contributed by atoms with Crippen molar-refractivity contribution < 1.29 is 39.1 Å². The number of halogens is 3. The van der Waals surface area contributed by atoms with Gasteiger partial charge in [0.05, 0.1) is 27.4 Å². The van der Waals surface area contributed by atoms with Gasteiger partial charge in [-0.15, -0.1) is 0 Å². The predicted octanol–water partition coefficient (Wildman–Crippen LogP) is 3.56. The molecule has 4 rings (SSSR count). The van der Waals surface area contributed by atoms with Crippen LogP contribution in [0.25, 0.3) is 0 Å². The second-order valence-corrected chi connectivity index (χ2v) is 10.2. The molecule has 2 fully saturated rings. The zero-order valence-corrected chi connectivity index (χ0v) is 18.0. The number of fused-ring (bicyclic) bond motifs is 2. The molecular weight excluding hydrogens is 464 g/mol. The van der Waals surface area contributed by atoms with Crippen LogP contribution in [0.4, 0.5) is 14.5 Å². The van der Waals surface area contributed by atoms with E-state index in [0.717, 1.165) is 30.3 Å². The van der Waals surface area contributed by atoms with Crippen LogP contribution in [0.1, 0.15) is 42.8 Å². The molecule has 4 atom stereocenters. The topological polar surface area (TPSA) is 104 Å². The van der Waals surface area contributed by atoms with Gasteiger partial charge in [0.2, 0.25) is 0 Å². The first-order valence-corrected chi connectivity index (χ1v) is 11.4. The van der Waals surface area contributed by atoms with E-state index < -0.39 is 87.1 Å². The van der Waals surface area contributed by atoms with E-state index in [4.69, 9.17) is 18.5 Å². The van der Waals surface area contributed by atoms with Crippen LogP contribution in [0.3, 0.4) is 0 Å². The summed E-state index contributed by atoms with van der Waals surface area (Å²) < 4.78 is 95.8. The molecular formula is C22H22ClF2NO5S. The van der Waals surface area contributed by atoms with Crippen LogP contribution in [0.15, 0.2) is 41.3 Å². The van der Waals surface area contributed by atoms with Crippen LogP contribution >= 0.6 is 11.6 Å². The normalized spacial score (nSPS) is 35.1. The zero-order valence-electron chi connectivity index (χ0n) is 21.4. The molecule has 0 spiro atoms. The summed E-state index contributed by atoms with van der Waals surface area (Å²) in [5, 5.41) is 20.1. The number of benzene rings is 2. The summed E-state index contributed by atoms with van der Waals surface area (Å²) in [5.41, 5.74) is -2.66. The average Bonchev–Trinajstić information content (AvgIpc) is 2.87. The number of nitrogens with one attached hydrogen (secondary N) is 1. The molecule has 6 nitrogen and oxygen atoms in total. The smallest absolute Gasteiger partial charge is 0.255 e. The van der Waals surface area contributed by atoms with Gasteiger partial charge in [0, 0.05) is 24.2 Å². The van der Waals surface area contributed by atoms with Crippen molar-refractivity contribution >= 4 is 33.0 Å². The maximum atomic E-state index is 13.7. The highest BCUT2D eigenvalue weighted by atomic mass is 35.5. The second-order valence-electron chi connectivity index (χ2n) is 7.72. The molecule has 0 aliphatic heterocycles. The van der Waals surface area contributed by atoms with Crippen molar-refractivity contribution in [2.45, 2.75) is 41.3 Å². The molecule has 0 radical (unpaired) electrons. The molecule has 3 unspecified atom stereocenters. The number of carbonyl (C=O) groups is 1. The standard InChI is InChI=1S/C22H22ClF2NO5S/c23-17-5-1-12(21(28)26-15-4-6-18(24)19(25)10-15)7-20(17)32(30,31)16-8-13-2-3-14(9-16)22(13,29)11-27/h1,4-7,10,13-14,16,27,29H,2-3,8-9,11H2,(H,26,28)/t13-,14?,16?,22?/m0/s1/i2D2,3D2,16D. The number of hydrogen-bond donors (Lipinski definition) is 3. The SMILES string of the molecule is [2H]C1([2H])C2CC([2H])(S(=O)(=O)c3cc(C(=O)Nc4ccc(F)c(F)c4)ccc3Cl)C[C@@H](C2(O)CO)C1([2H])[2H]. The van der Waals surface area contributed by atoms with Gasteiger partial charge in [-0.1, -0.05) is 11.6 Å². The van der Waals surface area contributed by atoms with E-state index >= 15 is 0 Å². The predicted molar refractivity (Wildman–Crippen MR) is 114 cm³/mol. The van der Waals surface area contributed by atoms with Crippen LogP contribution in [0, 0.1) is 23.5 Å². The third-order valence-electron chi connectivity index (χ3n) is 5.80. The first-order chi connectivity index (χ1) is 16.9. The lowest BCUT2D eigenvalue weighted by Gasteiger charge is -2.41. The summed E-state index contributed by atoms with van der Waals surface area (Å²) in [4.78, 5) is 12.0. The Hall–Kier alpha value is -2.07. The van der Waals surface area contributed by atoms with Crippen LogP contribution in [0.5, 0.6) is 0 Å². The number of sulfone groups is 1. The minimum Gasteiger partial charge on any atom is -0.393 e. The number of amides is 1. The number of aliphatic hydroxyl groups is 2. The summed E-state index contributed by atoms with van der Waals surface area (Å²) in [6.45, 7) is -1.03. The van der Waals surface area contributed by atoms with Crippen LogP contribution in [-0.4, -0.2) is 42.0 Å². The highest BCUT2D eigenvalue weighted by molar-refractivity contribution is 7.92. The van der Waals surface area contributed by atoms with Gasteiger partial charge in [0.1, 0.15) is 0 Å². The first-order valence-electron chi connectivity index (χ1n) is 12.1. The van der Waals surface area contributed by atoms with E-state index in [1.165, 1.54) is 6.07 Å². The lowest BCUT2D eigenvalue weighted by Crippen LogP contribution is -2.50. The average molecular weight is 491 g/mol. The Kier molecular flexibility index (Phi) is 4.55. The van der Waals surface area contributed by atoms with E-state index in [1.807, 2.05) is 0 Å². The minimum atomic E-state index is -4.80. The highest BCUT2D eigenvalue weighted by Gasteiger charge is 2.55. The van der Waals surface area contributed by atoms with Crippen LogP contribution in [-0.2, 0) is 9.84 Å². The number of carbonyl (C=O) groups excluding carboxylic acids is 1. The van der Waals surface area contributed by atoms with Gasteiger partial charge >= 0.3 is 0 Å². The monoisotopic (exact) mass is 490 g/mol. The van der Waals surface area contributed by atoms with Gasteiger partial charge in [0.25, 0.3) is 5.91 Å². The van der Waals surface area contributed by atoms with Crippen LogP contribution < -0.4 is 5.32 Å². The fourth-order valence-electron chi connectivity index (χ4n) is 3.91. The fraction of sp³-hybridized carbons (Fsp3) is 0.409. The largest absolute Gasteiger partial charge is 0.393 e. The molecule has 2 saturated carbocycles.